The quantitative estimate of drug-likeness (QED) is 0.776. The van der Waals surface area contributed by atoms with Gasteiger partial charge in [-0.15, -0.1) is 0 Å². The number of likely N-dealkylation sites (N-methyl/N-ethyl adjacent to an activating group) is 1. The first-order valence-electron chi connectivity index (χ1n) is 6.91. The number of likely N-dealkylation sites (tertiary alicyclic amines) is 1. The Labute approximate surface area is 114 Å². The van der Waals surface area contributed by atoms with Crippen LogP contribution in [0.15, 0.2) is 18.2 Å². The zero-order chi connectivity index (χ0) is 13.8. The number of hydrogen-bond acceptors (Lipinski definition) is 2. The number of nitrogens with zero attached hydrogens (tertiary/aromatic N) is 1. The van der Waals surface area contributed by atoms with Crippen molar-refractivity contribution in [2.75, 3.05) is 14.2 Å². The minimum atomic E-state index is -0.319. The molecule has 1 aromatic carbocycles. The first-order valence-corrected chi connectivity index (χ1v) is 6.91. The second-order valence-corrected chi connectivity index (χ2v) is 6.25. The van der Waals surface area contributed by atoms with E-state index in [-0.39, 0.29) is 17.2 Å². The van der Waals surface area contributed by atoms with Crippen LogP contribution in [0.25, 0.3) is 0 Å². The molecule has 1 aromatic rings. The summed E-state index contributed by atoms with van der Waals surface area (Å²) in [6.07, 6.45) is 2.03. The van der Waals surface area contributed by atoms with Crippen LogP contribution in [0.1, 0.15) is 37.3 Å². The van der Waals surface area contributed by atoms with E-state index in [1.165, 1.54) is 11.1 Å². The Morgan fingerprint density at radius 2 is 2.11 bits per heavy atom. The molecule has 0 N–H and O–H groups in total. The van der Waals surface area contributed by atoms with E-state index in [4.69, 9.17) is 4.74 Å². The Balaban J connectivity index is 2.16. The molecule has 0 aromatic heterocycles. The van der Waals surface area contributed by atoms with E-state index in [1.54, 1.807) is 7.11 Å². The summed E-state index contributed by atoms with van der Waals surface area (Å²) in [5, 5.41) is 0. The average Bonchev–Trinajstić information content (AvgIpc) is 2.59. The highest BCUT2D eigenvalue weighted by molar-refractivity contribution is 5.86. The normalized spacial score (nSPS) is 28.0. The van der Waals surface area contributed by atoms with Crippen LogP contribution in [0.2, 0.25) is 0 Å². The van der Waals surface area contributed by atoms with Crippen molar-refractivity contribution in [1.82, 2.24) is 4.90 Å². The molecule has 1 amide bonds. The lowest BCUT2D eigenvalue weighted by Gasteiger charge is -2.35. The fourth-order valence-electron chi connectivity index (χ4n) is 4.02. The van der Waals surface area contributed by atoms with Crippen molar-refractivity contribution < 1.29 is 9.53 Å². The summed E-state index contributed by atoms with van der Waals surface area (Å²) >= 11 is 0. The summed E-state index contributed by atoms with van der Waals surface area (Å²) < 4.78 is 5.48. The van der Waals surface area contributed by atoms with Gasteiger partial charge in [0, 0.05) is 19.0 Å². The zero-order valence-corrected chi connectivity index (χ0v) is 12.1. The van der Waals surface area contributed by atoms with Crippen molar-refractivity contribution in [3.8, 4) is 5.75 Å². The number of hydrogen-bond donors (Lipinski definition) is 0. The van der Waals surface area contributed by atoms with Gasteiger partial charge >= 0.3 is 0 Å². The van der Waals surface area contributed by atoms with Crippen LogP contribution < -0.4 is 4.74 Å². The summed E-state index contributed by atoms with van der Waals surface area (Å²) in [5.74, 6) is 1.51. The van der Waals surface area contributed by atoms with E-state index in [9.17, 15) is 4.79 Å². The number of rotatable bonds is 1. The largest absolute Gasteiger partial charge is 0.496 e. The SMILES string of the molecule is COc1cccc2c1CC[C@H]1[C@@H]2C(C)(C)C(=O)N1C. The fraction of sp³-hybridized carbons (Fsp3) is 0.562. The minimum absolute atomic E-state index is 0.262. The number of methoxy groups -OCH3 is 1. The number of fused-ring (bicyclic) bond motifs is 3. The van der Waals surface area contributed by atoms with Gasteiger partial charge < -0.3 is 9.64 Å². The van der Waals surface area contributed by atoms with Gasteiger partial charge in [-0.1, -0.05) is 26.0 Å². The average molecular weight is 259 g/mol. The van der Waals surface area contributed by atoms with E-state index < -0.39 is 0 Å². The van der Waals surface area contributed by atoms with Crippen molar-refractivity contribution in [2.24, 2.45) is 5.41 Å². The standard InChI is InChI=1S/C16H21NO2/c1-16(2)14-11-6-5-7-13(19-4)10(11)8-9-12(14)17(3)15(16)18/h5-7,12,14H,8-9H2,1-4H3/t12-,14+/m0/s1. The molecule has 3 nitrogen and oxygen atoms in total. The van der Waals surface area contributed by atoms with Crippen LogP contribution in [-0.2, 0) is 11.2 Å². The first-order chi connectivity index (χ1) is 8.98. The van der Waals surface area contributed by atoms with Crippen molar-refractivity contribution in [3.63, 3.8) is 0 Å². The second-order valence-electron chi connectivity index (χ2n) is 6.25. The van der Waals surface area contributed by atoms with Crippen molar-refractivity contribution >= 4 is 5.91 Å². The summed E-state index contributed by atoms with van der Waals surface area (Å²) in [6, 6.07) is 6.57. The highest BCUT2D eigenvalue weighted by Crippen LogP contribution is 2.52. The summed E-state index contributed by atoms with van der Waals surface area (Å²) in [6.45, 7) is 4.15. The van der Waals surface area contributed by atoms with Crippen LogP contribution in [0.4, 0.5) is 0 Å². The van der Waals surface area contributed by atoms with E-state index in [2.05, 4.69) is 19.9 Å². The maximum absolute atomic E-state index is 12.5. The first kappa shape index (κ1) is 12.5. The molecule has 1 heterocycles. The molecule has 1 aliphatic carbocycles. The molecule has 0 saturated carbocycles. The van der Waals surface area contributed by atoms with Gasteiger partial charge in [0.2, 0.25) is 5.91 Å². The molecule has 0 spiro atoms. The third kappa shape index (κ3) is 1.54. The highest BCUT2D eigenvalue weighted by Gasteiger charge is 2.54. The van der Waals surface area contributed by atoms with E-state index in [0.29, 0.717) is 6.04 Å². The lowest BCUT2D eigenvalue weighted by atomic mass is 9.68. The number of amides is 1. The molecule has 0 bridgehead atoms. The van der Waals surface area contributed by atoms with Crippen LogP contribution in [0, 0.1) is 5.41 Å². The maximum atomic E-state index is 12.5. The number of carbonyl (C=O) groups excluding carboxylic acids is 1. The number of benzene rings is 1. The van der Waals surface area contributed by atoms with Crippen molar-refractivity contribution in [2.45, 2.75) is 38.6 Å². The van der Waals surface area contributed by atoms with Crippen LogP contribution >= 0.6 is 0 Å². The molecule has 3 rings (SSSR count). The van der Waals surface area contributed by atoms with Gasteiger partial charge in [-0.05, 0) is 30.0 Å². The van der Waals surface area contributed by atoms with E-state index in [0.717, 1.165) is 18.6 Å². The summed E-state index contributed by atoms with van der Waals surface area (Å²) in [7, 11) is 3.67. The Morgan fingerprint density at radius 1 is 1.37 bits per heavy atom. The van der Waals surface area contributed by atoms with Gasteiger partial charge in [-0.2, -0.15) is 0 Å². The predicted molar refractivity (Wildman–Crippen MR) is 74.4 cm³/mol. The molecule has 2 atom stereocenters. The summed E-state index contributed by atoms with van der Waals surface area (Å²) in [4.78, 5) is 14.4. The molecule has 0 unspecified atom stereocenters. The molecular formula is C16H21NO2. The van der Waals surface area contributed by atoms with Crippen molar-refractivity contribution in [3.05, 3.63) is 29.3 Å². The molecule has 19 heavy (non-hydrogen) atoms. The molecule has 1 saturated heterocycles. The zero-order valence-electron chi connectivity index (χ0n) is 12.1. The smallest absolute Gasteiger partial charge is 0.228 e. The van der Waals surface area contributed by atoms with E-state index >= 15 is 0 Å². The van der Waals surface area contributed by atoms with Crippen LogP contribution in [0.3, 0.4) is 0 Å². The molecule has 3 heteroatoms. The Kier molecular flexibility index (Phi) is 2.63. The van der Waals surface area contributed by atoms with Gasteiger partial charge in [0.25, 0.3) is 0 Å². The highest BCUT2D eigenvalue weighted by atomic mass is 16.5. The maximum Gasteiger partial charge on any atom is 0.228 e. The van der Waals surface area contributed by atoms with Gasteiger partial charge in [0.05, 0.1) is 12.5 Å². The lowest BCUT2D eigenvalue weighted by Crippen LogP contribution is -2.33. The predicted octanol–water partition coefficient (Wildman–Crippen LogP) is 2.59. The van der Waals surface area contributed by atoms with Crippen molar-refractivity contribution in [1.29, 1.82) is 0 Å². The third-order valence-corrected chi connectivity index (χ3v) is 4.95. The molecule has 0 radical (unpaired) electrons. The Morgan fingerprint density at radius 3 is 2.79 bits per heavy atom. The van der Waals surface area contributed by atoms with Crippen LogP contribution in [0.5, 0.6) is 5.75 Å². The summed E-state index contributed by atoms with van der Waals surface area (Å²) in [5.41, 5.74) is 2.28. The molecule has 1 aliphatic heterocycles. The molecule has 1 fully saturated rings. The molecule has 2 aliphatic rings. The fourth-order valence-corrected chi connectivity index (χ4v) is 4.02. The number of carbonyl (C=O) groups is 1. The van der Waals surface area contributed by atoms with Crippen LogP contribution in [-0.4, -0.2) is 31.0 Å². The van der Waals surface area contributed by atoms with Gasteiger partial charge in [0.1, 0.15) is 5.75 Å². The number of ether oxygens (including phenoxy) is 1. The lowest BCUT2D eigenvalue weighted by molar-refractivity contribution is -0.134. The third-order valence-electron chi connectivity index (χ3n) is 4.95. The minimum Gasteiger partial charge on any atom is -0.496 e. The second kappa shape index (κ2) is 3.99. The van der Waals surface area contributed by atoms with Gasteiger partial charge in [-0.3, -0.25) is 4.79 Å². The topological polar surface area (TPSA) is 29.5 Å². The Bertz CT molecular complexity index is 536. The monoisotopic (exact) mass is 259 g/mol. The van der Waals surface area contributed by atoms with E-state index in [1.807, 2.05) is 24.1 Å². The van der Waals surface area contributed by atoms with Gasteiger partial charge in [-0.25, -0.2) is 0 Å². The molecule has 102 valence electrons. The Hall–Kier alpha value is -1.51. The molecular weight excluding hydrogens is 238 g/mol. The van der Waals surface area contributed by atoms with Gasteiger partial charge in [0.15, 0.2) is 0 Å².